The van der Waals surface area contributed by atoms with E-state index in [-0.39, 0.29) is 17.4 Å². The van der Waals surface area contributed by atoms with Gasteiger partial charge < -0.3 is 15.3 Å². The van der Waals surface area contributed by atoms with Crippen LogP contribution in [-0.2, 0) is 5.54 Å². The molecule has 0 radical (unpaired) electrons. The highest BCUT2D eigenvalue weighted by Crippen LogP contribution is 2.47. The summed E-state index contributed by atoms with van der Waals surface area (Å²) < 4.78 is 0. The highest BCUT2D eigenvalue weighted by molar-refractivity contribution is 5.93. The average Bonchev–Trinajstić information content (AvgIpc) is 3.42. The van der Waals surface area contributed by atoms with E-state index in [1.54, 1.807) is 29.7 Å². The molecule has 26 heavy (non-hydrogen) atoms. The zero-order valence-electron chi connectivity index (χ0n) is 14.7. The fourth-order valence-electron chi connectivity index (χ4n) is 3.54. The van der Waals surface area contributed by atoms with Gasteiger partial charge in [0, 0.05) is 43.4 Å². The molecule has 0 bridgehead atoms. The number of likely N-dealkylation sites (tertiary alicyclic amines) is 1. The van der Waals surface area contributed by atoms with Crippen molar-refractivity contribution in [1.29, 1.82) is 0 Å². The molecule has 2 N–H and O–H groups in total. The van der Waals surface area contributed by atoms with E-state index >= 15 is 0 Å². The Hall–Kier alpha value is -2.61. The third kappa shape index (κ3) is 3.37. The Bertz CT molecular complexity index is 768. The van der Waals surface area contributed by atoms with Crippen molar-refractivity contribution in [3.8, 4) is 0 Å². The van der Waals surface area contributed by atoms with Gasteiger partial charge in [0.05, 0.1) is 17.2 Å². The molecule has 1 aliphatic heterocycles. The van der Waals surface area contributed by atoms with Gasteiger partial charge >= 0.3 is 0 Å². The zero-order valence-corrected chi connectivity index (χ0v) is 14.7. The average molecular weight is 354 g/mol. The number of carbonyl (C=O) groups excluding carboxylic acids is 1. The predicted octanol–water partition coefficient (Wildman–Crippen LogP) is 1.21. The molecule has 0 aromatic carbocycles. The number of anilines is 1. The van der Waals surface area contributed by atoms with Gasteiger partial charge in [-0.1, -0.05) is 6.92 Å². The fraction of sp³-hybridized carbons (Fsp3) is 0.500. The maximum absolute atomic E-state index is 12.6. The van der Waals surface area contributed by atoms with Gasteiger partial charge in [-0.15, -0.1) is 0 Å². The molecule has 1 aliphatic carbocycles. The highest BCUT2D eigenvalue weighted by atomic mass is 16.3. The molecule has 1 amide bonds. The van der Waals surface area contributed by atoms with E-state index in [2.05, 4.69) is 25.3 Å². The summed E-state index contributed by atoms with van der Waals surface area (Å²) in [6, 6.07) is 0. The van der Waals surface area contributed by atoms with Crippen LogP contribution in [0.5, 0.6) is 0 Å². The highest BCUT2D eigenvalue weighted by Gasteiger charge is 2.45. The van der Waals surface area contributed by atoms with Crippen molar-refractivity contribution in [2.75, 3.05) is 18.4 Å². The van der Waals surface area contributed by atoms with E-state index in [0.717, 1.165) is 24.8 Å². The van der Waals surface area contributed by atoms with Crippen molar-refractivity contribution >= 4 is 11.9 Å². The molecule has 1 saturated carbocycles. The Morgan fingerprint density at radius 2 is 1.88 bits per heavy atom. The van der Waals surface area contributed by atoms with Crippen molar-refractivity contribution in [2.24, 2.45) is 5.92 Å². The molecule has 1 saturated heterocycles. The van der Waals surface area contributed by atoms with Gasteiger partial charge in [-0.2, -0.15) is 0 Å². The Morgan fingerprint density at radius 1 is 1.19 bits per heavy atom. The van der Waals surface area contributed by atoms with E-state index < -0.39 is 6.10 Å². The normalized spacial score (nSPS) is 24.2. The van der Waals surface area contributed by atoms with Crippen LogP contribution in [-0.4, -0.2) is 55.0 Å². The van der Waals surface area contributed by atoms with Crippen LogP contribution in [0.4, 0.5) is 5.95 Å². The molecule has 2 atom stereocenters. The van der Waals surface area contributed by atoms with Crippen molar-refractivity contribution in [2.45, 2.75) is 37.8 Å². The minimum absolute atomic E-state index is 0.139. The molecule has 8 nitrogen and oxygen atoms in total. The summed E-state index contributed by atoms with van der Waals surface area (Å²) in [5.74, 6) is 0.627. The Balaban J connectivity index is 1.45. The number of carbonyl (C=O) groups is 1. The number of nitrogens with one attached hydrogen (secondary N) is 1. The minimum Gasteiger partial charge on any atom is -0.391 e. The SMILES string of the molecule is C[C@H]1C[C@@H](O)CN(C(=O)c2cnc(NC3(c4cncnc4)CC3)nc2)C1. The van der Waals surface area contributed by atoms with Gasteiger partial charge in [0.25, 0.3) is 5.91 Å². The number of nitrogens with zero attached hydrogens (tertiary/aromatic N) is 5. The molecule has 2 aromatic rings. The lowest BCUT2D eigenvalue weighted by Crippen LogP contribution is -2.45. The van der Waals surface area contributed by atoms with Crippen LogP contribution in [0.3, 0.4) is 0 Å². The van der Waals surface area contributed by atoms with Crippen molar-refractivity contribution in [1.82, 2.24) is 24.8 Å². The summed E-state index contributed by atoms with van der Waals surface area (Å²) in [5.41, 5.74) is 1.24. The zero-order chi connectivity index (χ0) is 18.1. The summed E-state index contributed by atoms with van der Waals surface area (Å²) in [6.07, 6.45) is 10.4. The maximum atomic E-state index is 12.6. The Kier molecular flexibility index (Phi) is 4.28. The number of hydrogen-bond acceptors (Lipinski definition) is 7. The molecule has 4 rings (SSSR count). The van der Waals surface area contributed by atoms with Crippen LogP contribution in [0, 0.1) is 5.92 Å². The first-order chi connectivity index (χ1) is 12.6. The molecule has 3 heterocycles. The van der Waals surface area contributed by atoms with E-state index in [0.29, 0.717) is 24.6 Å². The number of piperidine rings is 1. The quantitative estimate of drug-likeness (QED) is 0.850. The van der Waals surface area contributed by atoms with Crippen LogP contribution < -0.4 is 5.32 Å². The Morgan fingerprint density at radius 3 is 2.50 bits per heavy atom. The number of hydrogen-bond donors (Lipinski definition) is 2. The summed E-state index contributed by atoms with van der Waals surface area (Å²) >= 11 is 0. The summed E-state index contributed by atoms with van der Waals surface area (Å²) in [6.45, 7) is 3.04. The van der Waals surface area contributed by atoms with Gasteiger partial charge in [-0.25, -0.2) is 19.9 Å². The topological polar surface area (TPSA) is 104 Å². The number of rotatable bonds is 4. The summed E-state index contributed by atoms with van der Waals surface area (Å²) in [4.78, 5) is 31.1. The van der Waals surface area contributed by atoms with Crippen LogP contribution in [0.25, 0.3) is 0 Å². The first-order valence-corrected chi connectivity index (χ1v) is 8.89. The van der Waals surface area contributed by atoms with Crippen molar-refractivity contribution in [3.05, 3.63) is 42.2 Å². The van der Waals surface area contributed by atoms with Gasteiger partial charge in [0.1, 0.15) is 6.33 Å². The number of aromatic nitrogens is 4. The smallest absolute Gasteiger partial charge is 0.257 e. The van der Waals surface area contributed by atoms with Crippen LogP contribution in [0.15, 0.2) is 31.1 Å². The first-order valence-electron chi connectivity index (χ1n) is 8.89. The summed E-state index contributed by atoms with van der Waals surface area (Å²) in [5, 5.41) is 13.2. The molecular formula is C18H22N6O2. The molecule has 136 valence electrons. The van der Waals surface area contributed by atoms with Crippen LogP contribution in [0.1, 0.15) is 42.1 Å². The molecule has 2 fully saturated rings. The molecule has 8 heteroatoms. The fourth-order valence-corrected chi connectivity index (χ4v) is 3.54. The third-order valence-electron chi connectivity index (χ3n) is 5.04. The number of amides is 1. The predicted molar refractivity (Wildman–Crippen MR) is 94.3 cm³/mol. The second-order valence-electron chi connectivity index (χ2n) is 7.33. The first kappa shape index (κ1) is 16.8. The number of aliphatic hydroxyl groups is 1. The Labute approximate surface area is 151 Å². The molecule has 0 unspecified atom stereocenters. The van der Waals surface area contributed by atoms with Crippen molar-refractivity contribution < 1.29 is 9.90 Å². The number of aliphatic hydroxyl groups excluding tert-OH is 1. The van der Waals surface area contributed by atoms with E-state index in [1.807, 2.05) is 6.92 Å². The lowest BCUT2D eigenvalue weighted by atomic mass is 9.97. The summed E-state index contributed by atoms with van der Waals surface area (Å²) in [7, 11) is 0. The monoisotopic (exact) mass is 354 g/mol. The lowest BCUT2D eigenvalue weighted by Gasteiger charge is -2.34. The van der Waals surface area contributed by atoms with E-state index in [9.17, 15) is 9.90 Å². The second kappa shape index (κ2) is 6.60. The lowest BCUT2D eigenvalue weighted by molar-refractivity contribution is 0.0338. The minimum atomic E-state index is -0.465. The molecule has 0 spiro atoms. The standard InChI is InChI=1S/C18H22N6O2/c1-12-4-15(25)10-24(9-12)16(26)13-5-21-17(22-6-13)23-18(2-3-18)14-7-19-11-20-8-14/h5-8,11-12,15,25H,2-4,9-10H2,1H3,(H,21,22,23)/t12-,15+/m0/s1. The van der Waals surface area contributed by atoms with Gasteiger partial charge in [-0.05, 0) is 25.2 Å². The largest absolute Gasteiger partial charge is 0.391 e. The molecular weight excluding hydrogens is 332 g/mol. The van der Waals surface area contributed by atoms with E-state index in [4.69, 9.17) is 0 Å². The van der Waals surface area contributed by atoms with E-state index in [1.165, 1.54) is 6.33 Å². The van der Waals surface area contributed by atoms with Gasteiger partial charge in [0.2, 0.25) is 5.95 Å². The molecule has 2 aromatic heterocycles. The third-order valence-corrected chi connectivity index (χ3v) is 5.04. The molecule has 2 aliphatic rings. The van der Waals surface area contributed by atoms with Crippen LogP contribution >= 0.6 is 0 Å². The van der Waals surface area contributed by atoms with Gasteiger partial charge in [-0.3, -0.25) is 4.79 Å². The number of β-amino-alcohol motifs (C(OH)–C–C–N with tert-alkyl or cyclic N) is 1. The maximum Gasteiger partial charge on any atom is 0.257 e. The van der Waals surface area contributed by atoms with Crippen LogP contribution in [0.2, 0.25) is 0 Å². The second-order valence-corrected chi connectivity index (χ2v) is 7.33. The van der Waals surface area contributed by atoms with Gasteiger partial charge in [0.15, 0.2) is 0 Å². The van der Waals surface area contributed by atoms with Crippen molar-refractivity contribution in [3.63, 3.8) is 0 Å².